The van der Waals surface area contributed by atoms with E-state index in [0.717, 1.165) is 59.3 Å². The predicted molar refractivity (Wildman–Crippen MR) is 139 cm³/mol. The third-order valence-corrected chi connectivity index (χ3v) is 7.61. The number of nitrogens with two attached hydrogens (primary N) is 1. The molecule has 176 valence electrons. The van der Waals surface area contributed by atoms with Crippen molar-refractivity contribution >= 4 is 61.9 Å². The van der Waals surface area contributed by atoms with Crippen molar-refractivity contribution in [3.8, 4) is 0 Å². The van der Waals surface area contributed by atoms with Crippen LogP contribution in [0.5, 0.6) is 0 Å². The number of nitrogens with one attached hydrogen (secondary N) is 2. The first-order valence-corrected chi connectivity index (χ1v) is 13.3. The molecular weight excluding hydrogens is 465 g/mol. The zero-order chi connectivity index (χ0) is 23.3. The van der Waals surface area contributed by atoms with Crippen molar-refractivity contribution in [2.45, 2.75) is 30.9 Å². The van der Waals surface area contributed by atoms with Gasteiger partial charge in [0.1, 0.15) is 12.1 Å². The molecule has 32 heavy (non-hydrogen) atoms. The quantitative estimate of drug-likeness (QED) is 0.292. The number of carbonyl (C=O) groups is 1. The second kappa shape index (κ2) is 14.4. The zero-order valence-electron chi connectivity index (χ0n) is 18.8. The molecule has 0 bridgehead atoms. The van der Waals surface area contributed by atoms with E-state index in [4.69, 9.17) is 5.73 Å². The molecule has 4 N–H and O–H groups in total. The second-order valence-electron chi connectivity index (χ2n) is 6.81. The van der Waals surface area contributed by atoms with Gasteiger partial charge in [-0.05, 0) is 55.4 Å². The molecule has 1 saturated heterocycles. The largest absolute Gasteiger partial charge is 0.365 e. The highest BCUT2D eigenvalue weighted by molar-refractivity contribution is 8.02. The average Bonchev–Trinajstić information content (AvgIpc) is 3.49. The Morgan fingerprint density at radius 3 is 2.69 bits per heavy atom. The molecule has 0 atom stereocenters. The van der Waals surface area contributed by atoms with E-state index in [-0.39, 0.29) is 5.82 Å². The molecule has 10 heteroatoms. The minimum absolute atomic E-state index is 0.287. The van der Waals surface area contributed by atoms with Crippen LogP contribution in [0, 0.1) is 11.7 Å². The van der Waals surface area contributed by atoms with Crippen LogP contribution in [0.4, 0.5) is 15.2 Å². The average molecular weight is 498 g/mol. The molecule has 0 saturated carbocycles. The molecule has 1 aliphatic rings. The van der Waals surface area contributed by atoms with Gasteiger partial charge in [-0.3, -0.25) is 0 Å². The molecule has 4 rings (SSSR count). The number of likely N-dealkylation sites (tertiary alicyclic amines) is 1. The summed E-state index contributed by atoms with van der Waals surface area (Å²) in [5, 5.41) is 5.75. The number of thiophene rings is 1. The van der Waals surface area contributed by atoms with E-state index in [1.807, 2.05) is 31.4 Å². The molecule has 0 spiro atoms. The summed E-state index contributed by atoms with van der Waals surface area (Å²) in [6.07, 6.45) is 3.12. The first-order chi connectivity index (χ1) is 15.6. The number of nitrogens with zero attached hydrogens (tertiary/aromatic N) is 2. The number of benzene rings is 1. The third-order valence-electron chi connectivity index (χ3n) is 4.72. The van der Waals surface area contributed by atoms with E-state index in [9.17, 15) is 9.18 Å². The van der Waals surface area contributed by atoms with Crippen LogP contribution in [0.1, 0.15) is 26.7 Å². The van der Waals surface area contributed by atoms with Crippen LogP contribution in [0.2, 0.25) is 0 Å². The summed E-state index contributed by atoms with van der Waals surface area (Å²) in [6.45, 7) is 7.79. The van der Waals surface area contributed by atoms with E-state index in [1.54, 1.807) is 24.5 Å². The predicted octanol–water partition coefficient (Wildman–Crippen LogP) is 5.54. The smallest absolute Gasteiger partial charge is 0.183 e. The molecule has 1 fully saturated rings. The molecule has 3 aromatic rings. The van der Waals surface area contributed by atoms with Crippen LogP contribution in [0.25, 0.3) is 10.2 Å². The summed E-state index contributed by atoms with van der Waals surface area (Å²) in [5.74, 6) is 0.0218. The number of rotatable bonds is 7. The number of hydrogen-bond acceptors (Lipinski definition) is 9. The van der Waals surface area contributed by atoms with Crippen molar-refractivity contribution in [3.63, 3.8) is 0 Å². The van der Waals surface area contributed by atoms with Crippen molar-refractivity contribution in [3.05, 3.63) is 35.5 Å². The fourth-order valence-corrected chi connectivity index (χ4v) is 5.34. The molecule has 0 aliphatic carbocycles. The van der Waals surface area contributed by atoms with Crippen LogP contribution in [-0.4, -0.2) is 49.4 Å². The minimum Gasteiger partial charge on any atom is -0.365 e. The fraction of sp³-hybridized carbons (Fsp3) is 0.455. The number of carbonyl (C=O) groups excluding carboxylic acids is 1. The van der Waals surface area contributed by atoms with Gasteiger partial charge in [-0.1, -0.05) is 31.3 Å². The lowest BCUT2D eigenvalue weighted by atomic mass is 9.99. The molecule has 0 unspecified atom stereocenters. The lowest BCUT2D eigenvalue weighted by molar-refractivity contribution is -0.112. The van der Waals surface area contributed by atoms with E-state index in [2.05, 4.69) is 19.9 Å². The van der Waals surface area contributed by atoms with E-state index in [1.165, 1.54) is 29.4 Å². The van der Waals surface area contributed by atoms with Gasteiger partial charge in [-0.15, -0.1) is 11.3 Å². The van der Waals surface area contributed by atoms with Crippen LogP contribution in [-0.2, 0) is 4.79 Å². The molecule has 1 aliphatic heterocycles. The molecule has 0 amide bonds. The topological polar surface area (TPSA) is 83.3 Å². The monoisotopic (exact) mass is 497 g/mol. The van der Waals surface area contributed by atoms with E-state index in [0.29, 0.717) is 17.1 Å². The van der Waals surface area contributed by atoms with E-state index < -0.39 is 0 Å². The molecule has 6 nitrogen and oxygen atoms in total. The zero-order valence-corrected chi connectivity index (χ0v) is 21.2. The van der Waals surface area contributed by atoms with Gasteiger partial charge in [0.05, 0.1) is 20.1 Å². The van der Waals surface area contributed by atoms with Gasteiger partial charge in [0.15, 0.2) is 5.13 Å². The maximum atomic E-state index is 13.9. The Morgan fingerprint density at radius 1 is 1.34 bits per heavy atom. The normalized spacial score (nSPS) is 14.2. The molecule has 1 aromatic carbocycles. The summed E-state index contributed by atoms with van der Waals surface area (Å²) in [6, 6.07) is 7.22. The van der Waals surface area contributed by atoms with Crippen LogP contribution >= 0.6 is 34.6 Å². The Balaban J connectivity index is 0.000000239. The lowest BCUT2D eigenvalue weighted by Crippen LogP contribution is -2.37. The highest BCUT2D eigenvalue weighted by Gasteiger charge is 2.17. The molecular formula is C22H32FN5OS3. The number of aldehydes is 1. The summed E-state index contributed by atoms with van der Waals surface area (Å²) in [4.78, 5) is 17.0. The number of halogens is 1. The number of fused-ring (bicyclic) bond motifs is 1. The molecule has 3 heterocycles. The van der Waals surface area contributed by atoms with Crippen molar-refractivity contribution in [2.24, 2.45) is 11.7 Å². The Hall–Kier alpha value is -1.72. The third kappa shape index (κ3) is 8.00. The highest BCUT2D eigenvalue weighted by atomic mass is 32.2. The number of aromatic nitrogens is 1. The lowest BCUT2D eigenvalue weighted by Gasteiger charge is -2.28. The summed E-state index contributed by atoms with van der Waals surface area (Å²) >= 11 is 4.54. The van der Waals surface area contributed by atoms with Gasteiger partial charge in [0, 0.05) is 32.1 Å². The van der Waals surface area contributed by atoms with Gasteiger partial charge in [-0.25, -0.2) is 9.37 Å². The van der Waals surface area contributed by atoms with Gasteiger partial charge < -0.3 is 25.5 Å². The van der Waals surface area contributed by atoms with Crippen molar-refractivity contribution in [1.82, 2.24) is 9.88 Å². The van der Waals surface area contributed by atoms with Crippen LogP contribution in [0.3, 0.4) is 0 Å². The van der Waals surface area contributed by atoms with Crippen molar-refractivity contribution in [1.29, 1.82) is 0 Å². The number of hydrogen-bond donors (Lipinski definition) is 3. The van der Waals surface area contributed by atoms with Crippen molar-refractivity contribution in [2.75, 3.05) is 43.3 Å². The number of piperidine rings is 1. The summed E-state index contributed by atoms with van der Waals surface area (Å²) in [5.41, 5.74) is 6.58. The maximum Gasteiger partial charge on any atom is 0.183 e. The Kier molecular flexibility index (Phi) is 12.0. The maximum absolute atomic E-state index is 13.9. The molecule has 0 radical (unpaired) electrons. The first kappa shape index (κ1) is 26.5. The number of thiazole rings is 1. The highest BCUT2D eigenvalue weighted by Crippen LogP contribution is 2.32. The van der Waals surface area contributed by atoms with Crippen LogP contribution in [0.15, 0.2) is 33.9 Å². The van der Waals surface area contributed by atoms with Gasteiger partial charge in [0.2, 0.25) is 0 Å². The Bertz CT molecular complexity index is 927. The Morgan fingerprint density at radius 2 is 2.09 bits per heavy atom. The fourth-order valence-electron chi connectivity index (χ4n) is 3.06. The second-order valence-corrected chi connectivity index (χ2v) is 9.89. The van der Waals surface area contributed by atoms with Gasteiger partial charge in [-0.2, -0.15) is 0 Å². The Labute approximate surface area is 201 Å². The van der Waals surface area contributed by atoms with Gasteiger partial charge >= 0.3 is 0 Å². The van der Waals surface area contributed by atoms with Crippen LogP contribution < -0.4 is 15.8 Å². The summed E-state index contributed by atoms with van der Waals surface area (Å²) in [7, 11) is 1.81. The molecule has 2 aromatic heterocycles. The first-order valence-electron chi connectivity index (χ1n) is 10.7. The minimum atomic E-state index is -0.287. The van der Waals surface area contributed by atoms with Gasteiger partial charge in [0.25, 0.3) is 0 Å². The number of anilines is 2. The van der Waals surface area contributed by atoms with E-state index >= 15 is 0 Å². The SMILES string of the molecule is CC.CNc1nc2cc(F)c(NSc3cccs3)cc2s1.NCCN1CCC(C=O)CC1. The van der Waals surface area contributed by atoms with Crippen molar-refractivity contribution < 1.29 is 9.18 Å². The standard InChI is InChI=1S/C12H10FN3S3.C8H16N2O.C2H6/c1-14-12-15-9-5-7(13)8(6-10(9)18-12)16-19-11-3-2-4-17-11;9-3-6-10-4-1-8(7-11)2-5-10;1-2/h2-6,16H,1H3,(H,14,15);7-8H,1-6,9H2;1-2H3. The summed E-state index contributed by atoms with van der Waals surface area (Å²) < 4.78 is 19.0.